The molecule has 1 aliphatic heterocycles. The van der Waals surface area contributed by atoms with Gasteiger partial charge in [0.05, 0.1) is 31.0 Å². The van der Waals surface area contributed by atoms with Gasteiger partial charge in [-0.2, -0.15) is 0 Å². The van der Waals surface area contributed by atoms with Gasteiger partial charge in [-0.15, -0.1) is 5.12 Å². The molecule has 3 aromatic rings. The van der Waals surface area contributed by atoms with E-state index in [4.69, 9.17) is 9.72 Å². The van der Waals surface area contributed by atoms with E-state index in [0.717, 1.165) is 22.0 Å². The molecule has 0 radical (unpaired) electrons. The first-order valence-electron chi connectivity index (χ1n) is 10.4. The highest BCUT2D eigenvalue weighted by Crippen LogP contribution is 2.31. The van der Waals surface area contributed by atoms with Crippen molar-refractivity contribution < 1.29 is 9.53 Å². The number of halogens is 1. The van der Waals surface area contributed by atoms with E-state index in [1.165, 1.54) is 6.92 Å². The van der Waals surface area contributed by atoms with Crippen molar-refractivity contribution >= 4 is 27.5 Å². The lowest BCUT2D eigenvalue weighted by molar-refractivity contribution is -0.124. The Balaban J connectivity index is 1.73. The van der Waals surface area contributed by atoms with E-state index in [-0.39, 0.29) is 18.0 Å². The quantitative estimate of drug-likeness (QED) is 0.516. The number of carbonyl (C=O) groups excluding carboxylic acids is 1. The molecule has 2 N–H and O–H groups in total. The molecule has 0 unspecified atom stereocenters. The summed E-state index contributed by atoms with van der Waals surface area (Å²) >= 11 is 3.44. The van der Waals surface area contributed by atoms with Crippen LogP contribution in [0, 0.1) is 0 Å². The number of rotatable bonds is 7. The van der Waals surface area contributed by atoms with Gasteiger partial charge < -0.3 is 9.72 Å². The molecule has 1 aliphatic rings. The van der Waals surface area contributed by atoms with E-state index in [1.807, 2.05) is 55.5 Å². The lowest BCUT2D eigenvalue weighted by Crippen LogP contribution is -2.49. The molecule has 8 nitrogen and oxygen atoms in total. The predicted octanol–water partition coefficient (Wildman–Crippen LogP) is 3.78. The monoisotopic (exact) mass is 497 g/mol. The maximum absolute atomic E-state index is 13.2. The van der Waals surface area contributed by atoms with Gasteiger partial charge >= 0.3 is 0 Å². The molecule has 166 valence electrons. The number of ether oxygens (including phenoxy) is 1. The zero-order valence-electron chi connectivity index (χ0n) is 17.9. The average molecular weight is 498 g/mol. The van der Waals surface area contributed by atoms with Crippen LogP contribution in [0.2, 0.25) is 0 Å². The molecule has 0 atom stereocenters. The Morgan fingerprint density at radius 3 is 2.69 bits per heavy atom. The molecule has 9 heteroatoms. The van der Waals surface area contributed by atoms with Crippen molar-refractivity contribution in [2.75, 3.05) is 11.6 Å². The van der Waals surface area contributed by atoms with E-state index >= 15 is 0 Å². The van der Waals surface area contributed by atoms with Crippen LogP contribution in [0.5, 0.6) is 5.75 Å². The Kier molecular flexibility index (Phi) is 6.57. The number of hydrogen-bond donors (Lipinski definition) is 2. The summed E-state index contributed by atoms with van der Waals surface area (Å²) in [6.07, 6.45) is 0.874. The number of aromatic nitrogens is 2. The normalized spacial score (nSPS) is 13.2. The number of anilines is 1. The van der Waals surface area contributed by atoms with Crippen LogP contribution in [0.3, 0.4) is 0 Å². The number of fused-ring (bicyclic) bond motifs is 1. The van der Waals surface area contributed by atoms with Crippen LogP contribution >= 0.6 is 15.9 Å². The van der Waals surface area contributed by atoms with E-state index in [0.29, 0.717) is 36.1 Å². The molecule has 2 aromatic carbocycles. The minimum Gasteiger partial charge on any atom is -0.493 e. The molecule has 0 aliphatic carbocycles. The largest absolute Gasteiger partial charge is 0.493 e. The van der Waals surface area contributed by atoms with Crippen LogP contribution in [-0.2, 0) is 17.9 Å². The standard InChI is InChI=1S/C23H24BrN5O3/c1-3-12-32-20-7-5-4-6-18(20)22-25-19-14-29(27-15(2)30)28(21(19)23(31)26-22)13-16-8-10-17(24)11-9-16/h4-11H,3,12-14H2,1-2H3,(H,27,30)(H,25,26,31). The number of hydrogen-bond acceptors (Lipinski definition) is 6. The Morgan fingerprint density at radius 1 is 1.22 bits per heavy atom. The molecule has 0 spiro atoms. The summed E-state index contributed by atoms with van der Waals surface area (Å²) in [5.41, 5.74) is 5.21. The van der Waals surface area contributed by atoms with Crippen LogP contribution < -0.4 is 20.7 Å². The van der Waals surface area contributed by atoms with Crippen molar-refractivity contribution in [1.29, 1.82) is 0 Å². The number of nitrogens with zero attached hydrogens (tertiary/aromatic N) is 3. The average Bonchev–Trinajstić information content (AvgIpc) is 3.10. The number of hydrazine groups is 2. The first-order valence-corrected chi connectivity index (χ1v) is 11.2. The van der Waals surface area contributed by atoms with Gasteiger partial charge in [-0.1, -0.05) is 47.1 Å². The van der Waals surface area contributed by atoms with E-state index in [1.54, 1.807) is 10.1 Å². The summed E-state index contributed by atoms with van der Waals surface area (Å²) in [5.74, 6) is 0.878. The van der Waals surface area contributed by atoms with Crippen LogP contribution in [0.1, 0.15) is 31.5 Å². The SMILES string of the molecule is CCCOc1ccccc1-c1nc2c(c(=O)[nH]1)N(Cc1ccc(Br)cc1)N(NC(C)=O)C2. The molecule has 32 heavy (non-hydrogen) atoms. The number of amides is 1. The second-order valence-electron chi connectivity index (χ2n) is 7.46. The lowest BCUT2D eigenvalue weighted by atomic mass is 10.1. The van der Waals surface area contributed by atoms with Crippen LogP contribution in [0.25, 0.3) is 11.4 Å². The molecular formula is C23H24BrN5O3. The van der Waals surface area contributed by atoms with Gasteiger partial charge in [0.15, 0.2) is 0 Å². The second-order valence-corrected chi connectivity index (χ2v) is 8.38. The fraction of sp³-hybridized carbons (Fsp3) is 0.261. The summed E-state index contributed by atoms with van der Waals surface area (Å²) in [5, 5.41) is 3.37. The molecule has 0 saturated heterocycles. The van der Waals surface area contributed by atoms with E-state index in [2.05, 4.69) is 26.3 Å². The molecule has 0 fully saturated rings. The predicted molar refractivity (Wildman–Crippen MR) is 126 cm³/mol. The summed E-state index contributed by atoms with van der Waals surface area (Å²) < 4.78 is 6.81. The zero-order valence-corrected chi connectivity index (χ0v) is 19.5. The number of carbonyl (C=O) groups is 1. The number of nitrogens with one attached hydrogen (secondary N) is 2. The summed E-state index contributed by atoms with van der Waals surface area (Å²) in [7, 11) is 0. The van der Waals surface area contributed by atoms with Crippen LogP contribution in [0.4, 0.5) is 5.69 Å². The van der Waals surface area contributed by atoms with Crippen molar-refractivity contribution in [3.05, 3.63) is 74.6 Å². The van der Waals surface area contributed by atoms with Crippen LogP contribution in [0.15, 0.2) is 57.8 Å². The van der Waals surface area contributed by atoms with Gasteiger partial charge in [-0.25, -0.2) is 4.98 Å². The third-order valence-electron chi connectivity index (χ3n) is 4.95. The third kappa shape index (κ3) is 4.68. The van der Waals surface area contributed by atoms with Gasteiger partial charge in [0, 0.05) is 11.4 Å². The Morgan fingerprint density at radius 2 is 1.97 bits per heavy atom. The summed E-state index contributed by atoms with van der Waals surface area (Å²) in [6.45, 7) is 4.73. The Labute approximate surface area is 194 Å². The van der Waals surface area contributed by atoms with Crippen molar-refractivity contribution in [3.63, 3.8) is 0 Å². The molecule has 1 amide bonds. The van der Waals surface area contributed by atoms with Gasteiger partial charge in [0.1, 0.15) is 17.3 Å². The smallest absolute Gasteiger partial charge is 0.276 e. The van der Waals surface area contributed by atoms with Gasteiger partial charge in [-0.05, 0) is 36.2 Å². The second kappa shape index (κ2) is 9.54. The lowest BCUT2D eigenvalue weighted by Gasteiger charge is -2.29. The van der Waals surface area contributed by atoms with Gasteiger partial charge in [-0.3, -0.25) is 20.0 Å². The zero-order chi connectivity index (χ0) is 22.7. The van der Waals surface area contributed by atoms with Gasteiger partial charge in [0.2, 0.25) is 5.91 Å². The maximum Gasteiger partial charge on any atom is 0.276 e. The highest BCUT2D eigenvalue weighted by molar-refractivity contribution is 9.10. The summed E-state index contributed by atoms with van der Waals surface area (Å²) in [6, 6.07) is 15.3. The van der Waals surface area contributed by atoms with E-state index in [9.17, 15) is 9.59 Å². The number of aromatic amines is 1. The number of para-hydroxylation sites is 1. The Bertz CT molecular complexity index is 1180. The topological polar surface area (TPSA) is 90.6 Å². The van der Waals surface area contributed by atoms with Crippen molar-refractivity contribution in [1.82, 2.24) is 20.5 Å². The van der Waals surface area contributed by atoms with Crippen molar-refractivity contribution in [2.45, 2.75) is 33.4 Å². The first kappa shape index (κ1) is 22.0. The van der Waals surface area contributed by atoms with E-state index < -0.39 is 0 Å². The highest BCUT2D eigenvalue weighted by Gasteiger charge is 2.33. The maximum atomic E-state index is 13.2. The first-order chi connectivity index (χ1) is 15.5. The summed E-state index contributed by atoms with van der Waals surface area (Å²) in [4.78, 5) is 32.6. The fourth-order valence-corrected chi connectivity index (χ4v) is 3.84. The Hall–Kier alpha value is -3.17. The fourth-order valence-electron chi connectivity index (χ4n) is 3.57. The molecular weight excluding hydrogens is 474 g/mol. The van der Waals surface area contributed by atoms with Crippen LogP contribution in [-0.4, -0.2) is 27.6 Å². The third-order valence-corrected chi connectivity index (χ3v) is 5.48. The molecule has 1 aromatic heterocycles. The minimum absolute atomic E-state index is 0.228. The number of benzene rings is 2. The molecule has 0 saturated carbocycles. The van der Waals surface area contributed by atoms with Gasteiger partial charge in [0.25, 0.3) is 5.56 Å². The molecule has 0 bridgehead atoms. The molecule has 4 rings (SSSR count). The molecule has 2 heterocycles. The van der Waals surface area contributed by atoms with Crippen molar-refractivity contribution in [3.8, 4) is 17.1 Å². The van der Waals surface area contributed by atoms with Crippen molar-refractivity contribution in [2.24, 2.45) is 0 Å². The number of H-pyrrole nitrogens is 1. The highest BCUT2D eigenvalue weighted by atomic mass is 79.9. The minimum atomic E-state index is -0.278.